The highest BCUT2D eigenvalue weighted by molar-refractivity contribution is 5.76. The topological polar surface area (TPSA) is 57.7 Å². The summed E-state index contributed by atoms with van der Waals surface area (Å²) in [5.74, 6) is 1.77. The van der Waals surface area contributed by atoms with E-state index in [0.29, 0.717) is 22.8 Å². The van der Waals surface area contributed by atoms with Crippen LogP contribution in [-0.2, 0) is 6.61 Å². The first-order valence-electron chi connectivity index (χ1n) is 6.01. The summed E-state index contributed by atoms with van der Waals surface area (Å²) in [7, 11) is 3.14. The van der Waals surface area contributed by atoms with Crippen LogP contribution in [-0.4, -0.2) is 25.5 Å². The van der Waals surface area contributed by atoms with Gasteiger partial charge in [0.15, 0.2) is 11.5 Å². The van der Waals surface area contributed by atoms with E-state index in [1.165, 1.54) is 0 Å². The second kappa shape index (κ2) is 6.56. The normalized spacial score (nSPS) is 9.90. The molecule has 0 N–H and O–H groups in total. The standard InChI is InChI=1S/C15H15NO4/c1-18-13-5-4-12(16-8-13)10-20-15-7-11(9-17)3-6-14(15)19-2/h3-9H,10H2,1-2H3. The Morgan fingerprint density at radius 3 is 2.55 bits per heavy atom. The molecular formula is C15H15NO4. The fraction of sp³-hybridized carbons (Fsp3) is 0.200. The highest BCUT2D eigenvalue weighted by atomic mass is 16.5. The Morgan fingerprint density at radius 2 is 1.95 bits per heavy atom. The summed E-state index contributed by atoms with van der Waals surface area (Å²) >= 11 is 0. The number of ether oxygens (including phenoxy) is 3. The lowest BCUT2D eigenvalue weighted by molar-refractivity contribution is 0.112. The van der Waals surface area contributed by atoms with Crippen LogP contribution in [0, 0.1) is 0 Å². The largest absolute Gasteiger partial charge is 0.495 e. The lowest BCUT2D eigenvalue weighted by Gasteiger charge is -2.11. The molecule has 20 heavy (non-hydrogen) atoms. The smallest absolute Gasteiger partial charge is 0.162 e. The Hall–Kier alpha value is -2.56. The molecule has 1 heterocycles. The van der Waals surface area contributed by atoms with Gasteiger partial charge in [-0.15, -0.1) is 0 Å². The molecule has 0 saturated heterocycles. The molecule has 2 rings (SSSR count). The van der Waals surface area contributed by atoms with Crippen LogP contribution >= 0.6 is 0 Å². The molecular weight excluding hydrogens is 258 g/mol. The van der Waals surface area contributed by atoms with Gasteiger partial charge in [0, 0.05) is 5.56 Å². The van der Waals surface area contributed by atoms with Crippen molar-refractivity contribution in [3.05, 3.63) is 47.8 Å². The van der Waals surface area contributed by atoms with Crippen molar-refractivity contribution in [1.82, 2.24) is 4.98 Å². The number of pyridine rings is 1. The number of rotatable bonds is 6. The maximum Gasteiger partial charge on any atom is 0.162 e. The number of hydrogen-bond acceptors (Lipinski definition) is 5. The predicted molar refractivity (Wildman–Crippen MR) is 73.5 cm³/mol. The Bertz CT molecular complexity index is 581. The minimum atomic E-state index is 0.280. The molecule has 5 nitrogen and oxygen atoms in total. The molecule has 0 saturated carbocycles. The van der Waals surface area contributed by atoms with Gasteiger partial charge in [-0.05, 0) is 30.3 Å². The Kier molecular flexibility index (Phi) is 4.55. The number of methoxy groups -OCH3 is 2. The molecule has 2 aromatic rings. The molecule has 0 radical (unpaired) electrons. The van der Waals surface area contributed by atoms with E-state index in [0.717, 1.165) is 12.0 Å². The lowest BCUT2D eigenvalue weighted by atomic mass is 10.2. The van der Waals surface area contributed by atoms with Crippen LogP contribution in [0.15, 0.2) is 36.5 Å². The molecule has 5 heteroatoms. The van der Waals surface area contributed by atoms with Gasteiger partial charge in [0.05, 0.1) is 26.1 Å². The highest BCUT2D eigenvalue weighted by Crippen LogP contribution is 2.28. The predicted octanol–water partition coefficient (Wildman–Crippen LogP) is 2.49. The molecule has 0 bridgehead atoms. The molecule has 0 fully saturated rings. The van der Waals surface area contributed by atoms with E-state index in [1.807, 2.05) is 12.1 Å². The third-order valence-electron chi connectivity index (χ3n) is 2.73. The lowest BCUT2D eigenvalue weighted by Crippen LogP contribution is -2.00. The summed E-state index contributed by atoms with van der Waals surface area (Å²) in [5.41, 5.74) is 1.29. The second-order valence-corrected chi connectivity index (χ2v) is 4.01. The number of carbonyl (C=O) groups is 1. The van der Waals surface area contributed by atoms with Gasteiger partial charge < -0.3 is 14.2 Å². The van der Waals surface area contributed by atoms with Gasteiger partial charge in [-0.3, -0.25) is 9.78 Å². The quantitative estimate of drug-likeness (QED) is 0.757. The SMILES string of the molecule is COc1ccc(COc2cc(C=O)ccc2OC)nc1. The summed E-state index contributed by atoms with van der Waals surface area (Å²) in [6.07, 6.45) is 2.38. The molecule has 0 unspecified atom stereocenters. The minimum absolute atomic E-state index is 0.280. The van der Waals surface area contributed by atoms with E-state index >= 15 is 0 Å². The van der Waals surface area contributed by atoms with Crippen LogP contribution < -0.4 is 14.2 Å². The van der Waals surface area contributed by atoms with Crippen molar-refractivity contribution in [2.24, 2.45) is 0 Å². The Balaban J connectivity index is 2.10. The maximum atomic E-state index is 10.8. The van der Waals surface area contributed by atoms with Crippen LogP contribution in [0.5, 0.6) is 17.2 Å². The Morgan fingerprint density at radius 1 is 1.10 bits per heavy atom. The van der Waals surface area contributed by atoms with Gasteiger partial charge in [-0.2, -0.15) is 0 Å². The zero-order chi connectivity index (χ0) is 14.4. The molecule has 1 aromatic heterocycles. The van der Waals surface area contributed by atoms with Crippen LogP contribution in [0.2, 0.25) is 0 Å². The zero-order valence-corrected chi connectivity index (χ0v) is 11.3. The van der Waals surface area contributed by atoms with Gasteiger partial charge in [-0.25, -0.2) is 0 Å². The summed E-state index contributed by atoms with van der Waals surface area (Å²) in [5, 5.41) is 0. The maximum absolute atomic E-state index is 10.8. The van der Waals surface area contributed by atoms with Crippen molar-refractivity contribution >= 4 is 6.29 Å². The van der Waals surface area contributed by atoms with Crippen molar-refractivity contribution in [3.63, 3.8) is 0 Å². The highest BCUT2D eigenvalue weighted by Gasteiger charge is 2.06. The number of benzene rings is 1. The average Bonchev–Trinajstić information content (AvgIpc) is 2.53. The first-order chi connectivity index (χ1) is 9.76. The number of aromatic nitrogens is 1. The molecule has 0 aliphatic carbocycles. The van der Waals surface area contributed by atoms with Crippen molar-refractivity contribution in [1.29, 1.82) is 0 Å². The molecule has 104 valence electrons. The van der Waals surface area contributed by atoms with Gasteiger partial charge in [0.2, 0.25) is 0 Å². The first-order valence-corrected chi connectivity index (χ1v) is 6.01. The van der Waals surface area contributed by atoms with Crippen molar-refractivity contribution in [2.45, 2.75) is 6.61 Å². The molecule has 1 aromatic carbocycles. The molecule has 0 aliphatic rings. The number of aldehydes is 1. The minimum Gasteiger partial charge on any atom is -0.495 e. The van der Waals surface area contributed by atoms with Crippen molar-refractivity contribution in [3.8, 4) is 17.2 Å². The summed E-state index contributed by atoms with van der Waals surface area (Å²) in [6.45, 7) is 0.280. The van der Waals surface area contributed by atoms with Crippen molar-refractivity contribution < 1.29 is 19.0 Å². The van der Waals surface area contributed by atoms with E-state index in [4.69, 9.17) is 14.2 Å². The molecule has 0 aliphatic heterocycles. The third kappa shape index (κ3) is 3.26. The van der Waals surface area contributed by atoms with E-state index in [2.05, 4.69) is 4.98 Å². The van der Waals surface area contributed by atoms with Crippen LogP contribution in [0.25, 0.3) is 0 Å². The average molecular weight is 273 g/mol. The van der Waals surface area contributed by atoms with Crippen LogP contribution in [0.3, 0.4) is 0 Å². The van der Waals surface area contributed by atoms with Gasteiger partial charge in [0.1, 0.15) is 18.6 Å². The monoisotopic (exact) mass is 273 g/mol. The molecule has 0 atom stereocenters. The summed E-state index contributed by atoms with van der Waals surface area (Å²) in [6, 6.07) is 8.62. The number of hydrogen-bond donors (Lipinski definition) is 0. The number of nitrogens with zero attached hydrogens (tertiary/aromatic N) is 1. The fourth-order valence-corrected chi connectivity index (χ4v) is 1.65. The van der Waals surface area contributed by atoms with Crippen molar-refractivity contribution in [2.75, 3.05) is 14.2 Å². The zero-order valence-electron chi connectivity index (χ0n) is 11.3. The second-order valence-electron chi connectivity index (χ2n) is 4.01. The third-order valence-corrected chi connectivity index (χ3v) is 2.73. The van der Waals surface area contributed by atoms with Gasteiger partial charge in [-0.1, -0.05) is 0 Å². The fourth-order valence-electron chi connectivity index (χ4n) is 1.65. The molecule has 0 spiro atoms. The van der Waals surface area contributed by atoms with Crippen LogP contribution in [0.1, 0.15) is 16.1 Å². The summed E-state index contributed by atoms with van der Waals surface area (Å²) in [4.78, 5) is 15.0. The Labute approximate surface area is 117 Å². The number of carbonyl (C=O) groups excluding carboxylic acids is 1. The first kappa shape index (κ1) is 13.9. The summed E-state index contributed by atoms with van der Waals surface area (Å²) < 4.78 is 15.9. The van der Waals surface area contributed by atoms with Gasteiger partial charge >= 0.3 is 0 Å². The van der Waals surface area contributed by atoms with Crippen LogP contribution in [0.4, 0.5) is 0 Å². The van der Waals surface area contributed by atoms with E-state index in [1.54, 1.807) is 38.6 Å². The van der Waals surface area contributed by atoms with E-state index in [9.17, 15) is 4.79 Å². The van der Waals surface area contributed by atoms with Gasteiger partial charge in [0.25, 0.3) is 0 Å². The van der Waals surface area contributed by atoms with E-state index < -0.39 is 0 Å². The van der Waals surface area contributed by atoms with E-state index in [-0.39, 0.29) is 6.61 Å². The molecule has 0 amide bonds.